The van der Waals surface area contributed by atoms with E-state index in [0.29, 0.717) is 0 Å². The molecule has 3 rings (SSSR count). The normalized spacial score (nSPS) is 12.2. The zero-order valence-electron chi connectivity index (χ0n) is 21.9. The van der Waals surface area contributed by atoms with E-state index in [0.717, 1.165) is 6.42 Å². The second-order valence-corrected chi connectivity index (χ2v) is 10.6. The van der Waals surface area contributed by atoms with Gasteiger partial charge in [0.2, 0.25) is 0 Å². The van der Waals surface area contributed by atoms with E-state index in [1.165, 1.54) is 132 Å². The van der Waals surface area contributed by atoms with E-state index in [4.69, 9.17) is 0 Å². The molecular weight excluding hydrogens is 396 g/mol. The van der Waals surface area contributed by atoms with Gasteiger partial charge in [-0.25, -0.2) is 0 Å². The molecule has 1 aliphatic rings. The van der Waals surface area contributed by atoms with Crippen molar-refractivity contribution in [2.75, 3.05) is 0 Å². The maximum absolute atomic E-state index is 2.59. The lowest BCUT2D eigenvalue weighted by atomic mass is 9.91. The Balaban J connectivity index is 1.52. The zero-order valence-corrected chi connectivity index (χ0v) is 21.9. The highest BCUT2D eigenvalue weighted by Gasteiger charge is 2.20. The Labute approximate surface area is 205 Å². The third-order valence-electron chi connectivity index (χ3n) is 7.71. The summed E-state index contributed by atoms with van der Waals surface area (Å²) in [7, 11) is 0. The van der Waals surface area contributed by atoms with Gasteiger partial charge in [-0.2, -0.15) is 0 Å². The first kappa shape index (κ1) is 26.1. The average molecular weight is 447 g/mol. The van der Waals surface area contributed by atoms with E-state index < -0.39 is 0 Å². The number of benzene rings is 2. The molecule has 33 heavy (non-hydrogen) atoms. The summed E-state index contributed by atoms with van der Waals surface area (Å²) in [5, 5.41) is 0. The van der Waals surface area contributed by atoms with Gasteiger partial charge in [0.05, 0.1) is 0 Å². The molecule has 0 bridgehead atoms. The van der Waals surface area contributed by atoms with Gasteiger partial charge in [-0.3, -0.25) is 0 Å². The van der Waals surface area contributed by atoms with Crippen molar-refractivity contribution in [3.63, 3.8) is 0 Å². The largest absolute Gasteiger partial charge is 0.0654 e. The minimum Gasteiger partial charge on any atom is -0.0654 e. The first-order valence-corrected chi connectivity index (χ1v) is 14.6. The van der Waals surface area contributed by atoms with Crippen LogP contribution in [0.5, 0.6) is 0 Å². The second kappa shape index (κ2) is 15.4. The smallest absolute Gasteiger partial charge is 0.00134 e. The number of unbranched alkanes of at least 4 members (excludes halogenated alkanes) is 14. The first-order valence-electron chi connectivity index (χ1n) is 14.6. The predicted octanol–water partition coefficient (Wildman–Crippen LogP) is 10.6. The summed E-state index contributed by atoms with van der Waals surface area (Å²) >= 11 is 0. The maximum atomic E-state index is 2.59. The highest BCUT2D eigenvalue weighted by atomic mass is 14.2. The molecule has 2 aromatic rings. The topological polar surface area (TPSA) is 0 Å². The van der Waals surface area contributed by atoms with E-state index in [-0.39, 0.29) is 0 Å². The van der Waals surface area contributed by atoms with Gasteiger partial charge in [0.25, 0.3) is 0 Å². The van der Waals surface area contributed by atoms with Gasteiger partial charge in [0.15, 0.2) is 0 Å². The Morgan fingerprint density at radius 2 is 0.970 bits per heavy atom. The lowest BCUT2D eigenvalue weighted by Gasteiger charge is -2.14. The van der Waals surface area contributed by atoms with E-state index >= 15 is 0 Å². The molecule has 0 amide bonds. The van der Waals surface area contributed by atoms with Gasteiger partial charge in [-0.1, -0.05) is 140 Å². The van der Waals surface area contributed by atoms with Crippen molar-refractivity contribution in [2.24, 2.45) is 0 Å². The monoisotopic (exact) mass is 446 g/mol. The van der Waals surface area contributed by atoms with Gasteiger partial charge < -0.3 is 0 Å². The SMILES string of the molecule is CCCCCCCCCCc1cc2c(cc1CCCCCCCCCC)-c1ccccc1C2. The number of rotatable bonds is 18. The molecule has 0 heteroatoms. The van der Waals surface area contributed by atoms with Gasteiger partial charge in [0.1, 0.15) is 0 Å². The van der Waals surface area contributed by atoms with Crippen LogP contribution in [0.3, 0.4) is 0 Å². The molecule has 0 aromatic heterocycles. The Bertz CT molecular complexity index is 800. The van der Waals surface area contributed by atoms with Crippen molar-refractivity contribution in [3.05, 3.63) is 58.7 Å². The summed E-state index contributed by atoms with van der Waals surface area (Å²) in [6.07, 6.45) is 26.2. The van der Waals surface area contributed by atoms with Crippen LogP contribution in [0.4, 0.5) is 0 Å². The molecule has 0 saturated heterocycles. The van der Waals surface area contributed by atoms with Crippen LogP contribution in [0.25, 0.3) is 11.1 Å². The summed E-state index contributed by atoms with van der Waals surface area (Å²) in [4.78, 5) is 0. The van der Waals surface area contributed by atoms with Crippen LogP contribution in [-0.4, -0.2) is 0 Å². The Morgan fingerprint density at radius 1 is 0.485 bits per heavy atom. The Kier molecular flexibility index (Phi) is 12.1. The average Bonchev–Trinajstić information content (AvgIpc) is 3.19. The summed E-state index contributed by atoms with van der Waals surface area (Å²) in [5.74, 6) is 0. The number of hydrogen-bond donors (Lipinski definition) is 0. The van der Waals surface area contributed by atoms with Crippen molar-refractivity contribution in [2.45, 2.75) is 136 Å². The molecular formula is C33H50. The van der Waals surface area contributed by atoms with Crippen LogP contribution in [0.2, 0.25) is 0 Å². The van der Waals surface area contributed by atoms with E-state index in [1.807, 2.05) is 0 Å². The molecule has 0 aliphatic heterocycles. The van der Waals surface area contributed by atoms with E-state index in [1.54, 1.807) is 16.7 Å². The molecule has 0 fully saturated rings. The van der Waals surface area contributed by atoms with Gasteiger partial charge >= 0.3 is 0 Å². The predicted molar refractivity (Wildman–Crippen MR) is 147 cm³/mol. The molecule has 0 saturated carbocycles. The van der Waals surface area contributed by atoms with Crippen LogP contribution >= 0.6 is 0 Å². The van der Waals surface area contributed by atoms with Gasteiger partial charge in [-0.15, -0.1) is 0 Å². The zero-order chi connectivity index (χ0) is 23.1. The fraction of sp³-hybridized carbons (Fsp3) is 0.636. The van der Waals surface area contributed by atoms with Crippen molar-refractivity contribution in [1.29, 1.82) is 0 Å². The lowest BCUT2D eigenvalue weighted by Crippen LogP contribution is -1.98. The minimum absolute atomic E-state index is 1.13. The van der Waals surface area contributed by atoms with Crippen molar-refractivity contribution >= 4 is 0 Å². The lowest BCUT2D eigenvalue weighted by molar-refractivity contribution is 0.570. The summed E-state index contributed by atoms with van der Waals surface area (Å²) in [6.45, 7) is 4.61. The van der Waals surface area contributed by atoms with Crippen LogP contribution in [-0.2, 0) is 19.3 Å². The number of aryl methyl sites for hydroxylation is 2. The maximum Gasteiger partial charge on any atom is -0.00134 e. The first-order chi connectivity index (χ1) is 16.3. The Morgan fingerprint density at radius 3 is 1.55 bits per heavy atom. The van der Waals surface area contributed by atoms with Crippen LogP contribution in [0.1, 0.15) is 139 Å². The minimum atomic E-state index is 1.13. The third kappa shape index (κ3) is 8.62. The van der Waals surface area contributed by atoms with E-state index in [9.17, 15) is 0 Å². The van der Waals surface area contributed by atoms with Crippen molar-refractivity contribution in [1.82, 2.24) is 0 Å². The molecule has 0 heterocycles. The molecule has 0 atom stereocenters. The number of fused-ring (bicyclic) bond motifs is 3. The standard InChI is InChI=1S/C33H50/c1-3-5-7-9-11-13-15-17-21-28-25-31-26-30-23-19-20-24-32(30)33(31)27-29(28)22-18-16-14-12-10-8-6-4-2/h19-20,23-25,27H,3-18,21-22,26H2,1-2H3. The molecule has 0 unspecified atom stereocenters. The van der Waals surface area contributed by atoms with Crippen molar-refractivity contribution in [3.8, 4) is 11.1 Å². The quantitative estimate of drug-likeness (QED) is 0.170. The molecule has 0 spiro atoms. The van der Waals surface area contributed by atoms with E-state index in [2.05, 4.69) is 50.2 Å². The molecule has 1 aliphatic carbocycles. The van der Waals surface area contributed by atoms with Gasteiger partial charge in [0, 0.05) is 0 Å². The fourth-order valence-electron chi connectivity index (χ4n) is 5.64. The molecule has 182 valence electrons. The molecule has 0 radical (unpaired) electrons. The number of hydrogen-bond acceptors (Lipinski definition) is 0. The third-order valence-corrected chi connectivity index (χ3v) is 7.71. The Hall–Kier alpha value is -1.56. The van der Waals surface area contributed by atoms with Gasteiger partial charge in [-0.05, 0) is 65.5 Å². The molecule has 2 aromatic carbocycles. The summed E-state index contributed by atoms with van der Waals surface area (Å²) in [5.41, 5.74) is 9.43. The molecule has 0 nitrogen and oxygen atoms in total. The van der Waals surface area contributed by atoms with Crippen LogP contribution < -0.4 is 0 Å². The summed E-state index contributed by atoms with van der Waals surface area (Å²) in [6, 6.07) is 14.2. The highest BCUT2D eigenvalue weighted by molar-refractivity contribution is 5.77. The van der Waals surface area contributed by atoms with Crippen molar-refractivity contribution < 1.29 is 0 Å². The van der Waals surface area contributed by atoms with Crippen LogP contribution in [0.15, 0.2) is 36.4 Å². The molecule has 0 N–H and O–H groups in total. The fourth-order valence-corrected chi connectivity index (χ4v) is 5.64. The second-order valence-electron chi connectivity index (χ2n) is 10.6. The highest BCUT2D eigenvalue weighted by Crippen LogP contribution is 2.38. The summed E-state index contributed by atoms with van der Waals surface area (Å²) < 4.78 is 0. The van der Waals surface area contributed by atoms with Crippen LogP contribution in [0, 0.1) is 0 Å².